The van der Waals surface area contributed by atoms with Gasteiger partial charge in [-0.3, -0.25) is 9.36 Å². The van der Waals surface area contributed by atoms with Crippen LogP contribution in [0.15, 0.2) is 54.6 Å². The Balaban J connectivity index is 0.00000312. The molecule has 0 aliphatic heterocycles. The molecule has 0 aliphatic rings. The molecule has 3 N–H and O–H groups in total. The number of rotatable bonds is 8. The Bertz CT molecular complexity index is 724. The second-order valence-corrected chi connectivity index (χ2v) is 6.98. The van der Waals surface area contributed by atoms with Crippen molar-refractivity contribution >= 4 is 116 Å². The first-order valence-electron chi connectivity index (χ1n) is 7.55. The van der Waals surface area contributed by atoms with Crippen LogP contribution in [0.1, 0.15) is 12.0 Å². The van der Waals surface area contributed by atoms with Gasteiger partial charge in [0.2, 0.25) is 5.91 Å². The Labute approximate surface area is 238 Å². The Morgan fingerprint density at radius 1 is 1.00 bits per heavy atom. The van der Waals surface area contributed by atoms with E-state index in [9.17, 15) is 9.36 Å². The van der Waals surface area contributed by atoms with E-state index in [1.54, 1.807) is 0 Å². The summed E-state index contributed by atoms with van der Waals surface area (Å²) < 4.78 is 16.5. The van der Waals surface area contributed by atoms with Crippen LogP contribution in [0.25, 0.3) is 0 Å². The van der Waals surface area contributed by atoms with Gasteiger partial charge in [0.1, 0.15) is 17.7 Å². The Kier molecular flexibility index (Phi) is 14.8. The van der Waals surface area contributed by atoms with Crippen LogP contribution >= 0.6 is 7.60 Å². The van der Waals surface area contributed by atoms with Crippen LogP contribution in [0.5, 0.6) is 11.5 Å². The molecule has 1 amide bonds. The van der Waals surface area contributed by atoms with Gasteiger partial charge >= 0.3 is 110 Å². The molecule has 0 saturated heterocycles. The van der Waals surface area contributed by atoms with Crippen LogP contribution in [0.2, 0.25) is 0 Å². The maximum absolute atomic E-state index is 11.3. The first kappa shape index (κ1) is 27.1. The summed E-state index contributed by atoms with van der Waals surface area (Å²) in [7, 11) is -4.30. The number of para-hydroxylation sites is 1. The average molecular weight is 430 g/mol. The molecule has 0 unspecified atom stereocenters. The van der Waals surface area contributed by atoms with Crippen molar-refractivity contribution in [3.8, 4) is 11.5 Å². The van der Waals surface area contributed by atoms with Gasteiger partial charge in [-0.2, -0.15) is 0 Å². The van der Waals surface area contributed by atoms with Crippen molar-refractivity contribution in [1.82, 2.24) is 5.32 Å². The molecule has 9 heteroatoms. The van der Waals surface area contributed by atoms with Gasteiger partial charge in [0.25, 0.3) is 0 Å². The number of ether oxygens (including phenoxy) is 1. The van der Waals surface area contributed by atoms with E-state index >= 15 is 0 Å². The van der Waals surface area contributed by atoms with Gasteiger partial charge < -0.3 is 19.8 Å². The number of nitrogens with one attached hydrogen (secondary N) is 1. The molecule has 2 aromatic carbocycles. The van der Waals surface area contributed by atoms with E-state index in [1.165, 1.54) is 0 Å². The molecule has 0 spiro atoms. The van der Waals surface area contributed by atoms with Crippen LogP contribution in [-0.4, -0.2) is 131 Å². The van der Waals surface area contributed by atoms with Crippen molar-refractivity contribution in [2.75, 3.05) is 12.7 Å². The molecular formula is C17H22K2NO5P. The van der Waals surface area contributed by atoms with Crippen molar-refractivity contribution in [3.05, 3.63) is 60.2 Å². The van der Waals surface area contributed by atoms with Gasteiger partial charge in [0.15, 0.2) is 0 Å². The third-order valence-electron chi connectivity index (χ3n) is 3.19. The molecule has 0 atom stereocenters. The van der Waals surface area contributed by atoms with Crippen LogP contribution < -0.4 is 10.1 Å². The molecule has 132 valence electrons. The summed E-state index contributed by atoms with van der Waals surface area (Å²) in [5, 5.41) is 2.50. The van der Waals surface area contributed by atoms with Gasteiger partial charge in [-0.05, 0) is 42.7 Å². The van der Waals surface area contributed by atoms with Gasteiger partial charge in [-0.1, -0.05) is 30.3 Å². The molecule has 26 heavy (non-hydrogen) atoms. The van der Waals surface area contributed by atoms with Crippen LogP contribution in [0, 0.1) is 0 Å². The van der Waals surface area contributed by atoms with Crippen LogP contribution in [-0.2, 0) is 15.8 Å². The third kappa shape index (κ3) is 11.9. The van der Waals surface area contributed by atoms with E-state index in [0.29, 0.717) is 13.0 Å². The number of carbonyl (C=O) groups is 1. The van der Waals surface area contributed by atoms with E-state index in [2.05, 4.69) is 5.32 Å². The maximum atomic E-state index is 11.3. The fourth-order valence-corrected chi connectivity index (χ4v) is 2.64. The average Bonchev–Trinajstić information content (AvgIpc) is 2.51. The first-order chi connectivity index (χ1) is 11.4. The Morgan fingerprint density at radius 2 is 1.65 bits per heavy atom. The number of carbonyl (C=O) groups excluding carboxylic acids is 1. The molecule has 0 aliphatic carbocycles. The van der Waals surface area contributed by atoms with Crippen molar-refractivity contribution in [2.45, 2.75) is 12.8 Å². The molecule has 0 fully saturated rings. The predicted octanol–water partition coefficient (Wildman–Crippen LogP) is 1.41. The van der Waals surface area contributed by atoms with Gasteiger partial charge in [0, 0.05) is 6.54 Å². The zero-order chi connectivity index (χ0) is 17.4. The number of benzene rings is 2. The van der Waals surface area contributed by atoms with Crippen LogP contribution in [0.4, 0.5) is 0 Å². The monoisotopic (exact) mass is 429 g/mol. The quantitative estimate of drug-likeness (QED) is 0.335. The van der Waals surface area contributed by atoms with Crippen molar-refractivity contribution in [2.24, 2.45) is 0 Å². The number of hydrogen-bond acceptors (Lipinski definition) is 3. The second kappa shape index (κ2) is 14.2. The SMILES string of the molecule is O=C(CP(=O)(O)O)NCCCc1cccc(Oc2ccccc2)c1.[KH].[KH]. The fourth-order valence-electron chi connectivity index (χ4n) is 2.15. The number of aryl methyl sites for hydroxylation is 1. The molecule has 0 radical (unpaired) electrons. The minimum absolute atomic E-state index is 0. The van der Waals surface area contributed by atoms with Crippen molar-refractivity contribution in [3.63, 3.8) is 0 Å². The molecule has 2 aromatic rings. The minimum atomic E-state index is -4.30. The normalized spacial score (nSPS) is 10.2. The summed E-state index contributed by atoms with van der Waals surface area (Å²) in [5.41, 5.74) is 1.06. The zero-order valence-corrected chi connectivity index (χ0v) is 14.0. The van der Waals surface area contributed by atoms with Gasteiger partial charge in [-0.25, -0.2) is 0 Å². The number of amides is 1. The molecule has 6 nitrogen and oxygen atoms in total. The molecule has 2 rings (SSSR count). The Hall–Kier alpha value is 1.13. The second-order valence-electron chi connectivity index (χ2n) is 5.34. The molecule has 0 heterocycles. The summed E-state index contributed by atoms with van der Waals surface area (Å²) in [6.45, 7) is 0.364. The van der Waals surface area contributed by atoms with Crippen molar-refractivity contribution in [1.29, 1.82) is 0 Å². The molecule has 0 aromatic heterocycles. The Morgan fingerprint density at radius 3 is 2.31 bits per heavy atom. The third-order valence-corrected chi connectivity index (χ3v) is 3.89. The fraction of sp³-hybridized carbons (Fsp3) is 0.235. The molecule has 0 bridgehead atoms. The molecule has 0 saturated carbocycles. The van der Waals surface area contributed by atoms with Crippen LogP contribution in [0.3, 0.4) is 0 Å². The first-order valence-corrected chi connectivity index (χ1v) is 9.35. The zero-order valence-electron chi connectivity index (χ0n) is 13.1. The van der Waals surface area contributed by atoms with E-state index < -0.39 is 19.7 Å². The van der Waals surface area contributed by atoms with Crippen molar-refractivity contribution < 1.29 is 23.9 Å². The van der Waals surface area contributed by atoms with E-state index in [0.717, 1.165) is 23.5 Å². The summed E-state index contributed by atoms with van der Waals surface area (Å²) in [6, 6.07) is 17.2. The van der Waals surface area contributed by atoms with E-state index in [1.807, 2.05) is 54.6 Å². The standard InChI is InChI=1S/C17H20NO5P.2K.2H/c19-17(13-24(20,21)22)18-11-5-7-14-6-4-10-16(12-14)23-15-8-2-1-3-9-15;;;;/h1-4,6,8-10,12H,5,7,11,13H2,(H,18,19)(H2,20,21,22);;;;. The van der Waals surface area contributed by atoms with Gasteiger partial charge in [0.05, 0.1) is 0 Å². The summed E-state index contributed by atoms with van der Waals surface area (Å²) >= 11 is 0. The summed E-state index contributed by atoms with van der Waals surface area (Å²) in [6.07, 6.45) is 0.622. The van der Waals surface area contributed by atoms with E-state index in [-0.39, 0.29) is 103 Å². The molecular weight excluding hydrogens is 407 g/mol. The topological polar surface area (TPSA) is 95.9 Å². The van der Waals surface area contributed by atoms with E-state index in [4.69, 9.17) is 14.5 Å². The predicted molar refractivity (Wildman–Crippen MR) is 105 cm³/mol. The summed E-state index contributed by atoms with van der Waals surface area (Å²) in [4.78, 5) is 28.7. The van der Waals surface area contributed by atoms with Gasteiger partial charge in [-0.15, -0.1) is 0 Å². The number of hydrogen-bond donors (Lipinski definition) is 3. The summed E-state index contributed by atoms with van der Waals surface area (Å²) in [5.74, 6) is 0.869.